The van der Waals surface area contributed by atoms with Crippen molar-refractivity contribution in [2.45, 2.75) is 6.29 Å². The molecule has 7 heteroatoms. The zero-order valence-corrected chi connectivity index (χ0v) is 9.29. The highest BCUT2D eigenvalue weighted by molar-refractivity contribution is 5.43. The quantitative estimate of drug-likeness (QED) is 0.627. The molecule has 2 heterocycles. The summed E-state index contributed by atoms with van der Waals surface area (Å²) in [6.45, 7) is 0. The van der Waals surface area contributed by atoms with E-state index < -0.39 is 6.29 Å². The van der Waals surface area contributed by atoms with Gasteiger partial charge in [0.15, 0.2) is 10.8 Å². The van der Waals surface area contributed by atoms with E-state index in [0.29, 0.717) is 0 Å². The summed E-state index contributed by atoms with van der Waals surface area (Å²) in [7, 11) is 0. The summed E-state index contributed by atoms with van der Waals surface area (Å²) in [4.78, 5) is 26.2. The van der Waals surface area contributed by atoms with Crippen molar-refractivity contribution in [3.8, 4) is 0 Å². The number of fused-ring (bicyclic) bond motifs is 1. The monoisotopic (exact) mass is 242 g/mol. The van der Waals surface area contributed by atoms with Gasteiger partial charge in [-0.25, -0.2) is 9.98 Å². The van der Waals surface area contributed by atoms with Gasteiger partial charge in [-0.1, -0.05) is 18.2 Å². The van der Waals surface area contributed by atoms with Gasteiger partial charge in [0.1, 0.15) is 0 Å². The molecule has 0 radical (unpaired) electrons. The van der Waals surface area contributed by atoms with E-state index in [-0.39, 0.29) is 22.4 Å². The largest absolute Gasteiger partial charge is 0.369 e. The first-order chi connectivity index (χ1) is 8.72. The van der Waals surface area contributed by atoms with Crippen LogP contribution in [0.25, 0.3) is 0 Å². The number of hydrogen-bond donors (Lipinski definition) is 3. The van der Waals surface area contributed by atoms with Crippen molar-refractivity contribution in [3.05, 3.63) is 51.5 Å². The SMILES string of the molecule is Nc1nc2c(c(=O)[nH]1)=N[C@H](Nc1ccccc1)N=2. The Morgan fingerprint density at radius 3 is 2.78 bits per heavy atom. The first kappa shape index (κ1) is 10.5. The number of aromatic nitrogens is 2. The molecule has 1 atom stereocenters. The molecule has 0 amide bonds. The van der Waals surface area contributed by atoms with Crippen molar-refractivity contribution < 1.29 is 0 Å². The van der Waals surface area contributed by atoms with Crippen LogP contribution < -0.4 is 27.5 Å². The van der Waals surface area contributed by atoms with Gasteiger partial charge in [0.2, 0.25) is 12.2 Å². The predicted octanol–water partition coefficient (Wildman–Crippen LogP) is -0.999. The van der Waals surface area contributed by atoms with Crippen molar-refractivity contribution in [3.63, 3.8) is 0 Å². The Bertz CT molecular complexity index is 751. The maximum atomic E-state index is 11.6. The Labute approximate surface area is 101 Å². The number of aromatic amines is 1. The zero-order valence-electron chi connectivity index (χ0n) is 9.29. The van der Waals surface area contributed by atoms with Crippen molar-refractivity contribution in [1.29, 1.82) is 0 Å². The summed E-state index contributed by atoms with van der Waals surface area (Å²) < 4.78 is 0. The summed E-state index contributed by atoms with van der Waals surface area (Å²) in [6, 6.07) is 9.48. The van der Waals surface area contributed by atoms with E-state index in [1.807, 2.05) is 30.3 Å². The second kappa shape index (κ2) is 3.95. The van der Waals surface area contributed by atoms with E-state index in [1.165, 1.54) is 0 Å². The lowest BCUT2D eigenvalue weighted by Crippen LogP contribution is -2.41. The van der Waals surface area contributed by atoms with Crippen LogP contribution in [0, 0.1) is 0 Å². The molecule has 1 aliphatic rings. The number of rotatable bonds is 2. The molecule has 4 N–H and O–H groups in total. The number of nitrogens with two attached hydrogens (primary N) is 1. The lowest BCUT2D eigenvalue weighted by molar-refractivity contribution is 0.799. The van der Waals surface area contributed by atoms with Crippen molar-refractivity contribution in [2.75, 3.05) is 11.1 Å². The van der Waals surface area contributed by atoms with Crippen molar-refractivity contribution in [1.82, 2.24) is 9.97 Å². The highest BCUT2D eigenvalue weighted by atomic mass is 16.1. The average Bonchev–Trinajstić information content (AvgIpc) is 2.73. The minimum atomic E-state index is -0.544. The van der Waals surface area contributed by atoms with E-state index in [1.54, 1.807) is 0 Å². The fraction of sp³-hybridized carbons (Fsp3) is 0.0909. The van der Waals surface area contributed by atoms with Crippen molar-refractivity contribution in [2.24, 2.45) is 9.98 Å². The zero-order chi connectivity index (χ0) is 12.5. The predicted molar refractivity (Wildman–Crippen MR) is 65.4 cm³/mol. The van der Waals surface area contributed by atoms with E-state index in [4.69, 9.17) is 5.73 Å². The van der Waals surface area contributed by atoms with Gasteiger partial charge in [-0.15, -0.1) is 0 Å². The summed E-state index contributed by atoms with van der Waals surface area (Å²) >= 11 is 0. The molecular formula is C11H10N6O. The third kappa shape index (κ3) is 1.81. The number of nitrogens with one attached hydrogen (secondary N) is 2. The van der Waals surface area contributed by atoms with Crippen LogP contribution in [0.2, 0.25) is 0 Å². The molecule has 0 saturated carbocycles. The molecule has 7 nitrogen and oxygen atoms in total. The Hall–Kier alpha value is -2.70. The molecule has 1 aliphatic heterocycles. The fourth-order valence-electron chi connectivity index (χ4n) is 1.69. The van der Waals surface area contributed by atoms with E-state index in [2.05, 4.69) is 25.3 Å². The second-order valence-corrected chi connectivity index (χ2v) is 3.77. The van der Waals surface area contributed by atoms with Crippen molar-refractivity contribution >= 4 is 11.6 Å². The number of H-pyrrole nitrogens is 1. The Morgan fingerprint density at radius 2 is 2.00 bits per heavy atom. The summed E-state index contributed by atoms with van der Waals surface area (Å²) in [5, 5.41) is 3.27. The molecule has 0 spiro atoms. The van der Waals surface area contributed by atoms with Crippen LogP contribution in [-0.2, 0) is 0 Å². The van der Waals surface area contributed by atoms with Crippen LogP contribution >= 0.6 is 0 Å². The molecular weight excluding hydrogens is 232 g/mol. The van der Waals surface area contributed by atoms with Gasteiger partial charge in [0.05, 0.1) is 0 Å². The minimum Gasteiger partial charge on any atom is -0.369 e. The van der Waals surface area contributed by atoms with E-state index in [9.17, 15) is 4.79 Å². The number of nitrogens with zero attached hydrogens (tertiary/aromatic N) is 3. The summed E-state index contributed by atoms with van der Waals surface area (Å²) in [5.41, 5.74) is 6.20. The van der Waals surface area contributed by atoms with Gasteiger partial charge in [0, 0.05) is 5.69 Å². The molecule has 0 aliphatic carbocycles. The van der Waals surface area contributed by atoms with E-state index in [0.717, 1.165) is 5.69 Å². The number of para-hydroxylation sites is 1. The number of benzene rings is 1. The molecule has 18 heavy (non-hydrogen) atoms. The number of anilines is 2. The lowest BCUT2D eigenvalue weighted by Gasteiger charge is -2.07. The first-order valence-electron chi connectivity index (χ1n) is 5.35. The Kier molecular flexibility index (Phi) is 2.30. The molecule has 1 aromatic carbocycles. The average molecular weight is 242 g/mol. The van der Waals surface area contributed by atoms with Crippen LogP contribution in [0.1, 0.15) is 0 Å². The smallest absolute Gasteiger partial charge is 0.280 e. The Morgan fingerprint density at radius 1 is 1.22 bits per heavy atom. The maximum absolute atomic E-state index is 11.6. The summed E-state index contributed by atoms with van der Waals surface area (Å²) in [5.74, 6) is 0.0399. The lowest BCUT2D eigenvalue weighted by atomic mass is 10.3. The fourth-order valence-corrected chi connectivity index (χ4v) is 1.69. The van der Waals surface area contributed by atoms with Crippen LogP contribution in [0.15, 0.2) is 45.1 Å². The molecule has 0 bridgehead atoms. The van der Waals surface area contributed by atoms with Gasteiger partial charge in [0.25, 0.3) is 5.56 Å². The highest BCUT2D eigenvalue weighted by Crippen LogP contribution is 2.08. The molecule has 90 valence electrons. The molecule has 2 aromatic rings. The van der Waals surface area contributed by atoms with Gasteiger partial charge >= 0.3 is 0 Å². The van der Waals surface area contributed by atoms with Crippen LogP contribution in [0.3, 0.4) is 0 Å². The minimum absolute atomic E-state index is 0.0399. The molecule has 1 aromatic heterocycles. The maximum Gasteiger partial charge on any atom is 0.280 e. The van der Waals surface area contributed by atoms with Crippen LogP contribution in [0.4, 0.5) is 11.6 Å². The van der Waals surface area contributed by atoms with Gasteiger partial charge < -0.3 is 11.1 Å². The Balaban J connectivity index is 1.98. The molecule has 0 unspecified atom stereocenters. The standard InChI is InChI=1S/C11H10N6O/c12-10-15-8-7(9(18)17-10)14-11(16-8)13-6-4-2-1-3-5-6/h1-5,11,13H,(H3,12,15,16,17,18)/t11-/m0/s1. The van der Waals surface area contributed by atoms with Gasteiger partial charge in [-0.2, -0.15) is 4.98 Å². The highest BCUT2D eigenvalue weighted by Gasteiger charge is 2.13. The number of nitrogen functional groups attached to an aromatic ring is 1. The van der Waals surface area contributed by atoms with Gasteiger partial charge in [-0.05, 0) is 12.1 Å². The molecule has 3 rings (SSSR count). The van der Waals surface area contributed by atoms with Gasteiger partial charge in [-0.3, -0.25) is 9.78 Å². The third-order valence-electron chi connectivity index (χ3n) is 2.46. The second-order valence-electron chi connectivity index (χ2n) is 3.77. The topological polar surface area (TPSA) is 109 Å². The van der Waals surface area contributed by atoms with Crippen LogP contribution in [-0.4, -0.2) is 16.3 Å². The van der Waals surface area contributed by atoms with Crippen LogP contribution in [0.5, 0.6) is 0 Å². The van der Waals surface area contributed by atoms with E-state index >= 15 is 0 Å². The molecule has 0 fully saturated rings. The third-order valence-corrected chi connectivity index (χ3v) is 2.46. The normalized spacial score (nSPS) is 16.6. The molecule has 0 saturated heterocycles. The first-order valence-corrected chi connectivity index (χ1v) is 5.35. The number of hydrogen-bond acceptors (Lipinski definition) is 6. The summed E-state index contributed by atoms with van der Waals surface area (Å²) in [6.07, 6.45) is -0.544.